The molecule has 1 aliphatic rings. The Morgan fingerprint density at radius 2 is 2.00 bits per heavy atom. The first-order valence-corrected chi connectivity index (χ1v) is 10.8. The zero-order valence-corrected chi connectivity index (χ0v) is 18.7. The Kier molecular flexibility index (Phi) is 5.34. The molecule has 0 unspecified atom stereocenters. The Hall–Kier alpha value is -4.07. The van der Waals surface area contributed by atoms with Crippen molar-refractivity contribution in [3.63, 3.8) is 0 Å². The average Bonchev–Trinajstić information content (AvgIpc) is 3.45. The number of benzene rings is 2. The molecule has 1 aliphatic carbocycles. The predicted octanol–water partition coefficient (Wildman–Crippen LogP) is 4.30. The second-order valence-electron chi connectivity index (χ2n) is 8.43. The molecule has 0 spiro atoms. The number of H-pyrrole nitrogens is 1. The maximum Gasteiger partial charge on any atom is 0.228 e. The molecule has 2 heterocycles. The number of carbonyl (C=O) groups excluding carboxylic acids is 1. The highest BCUT2D eigenvalue weighted by atomic mass is 16.5. The number of aromatic amines is 1. The lowest BCUT2D eigenvalue weighted by Gasteiger charge is -2.15. The number of pyridine rings is 1. The van der Waals surface area contributed by atoms with Crippen LogP contribution in [0.1, 0.15) is 29.0 Å². The molecular formula is C25H24N6O2. The summed E-state index contributed by atoms with van der Waals surface area (Å²) in [4.78, 5) is 17.3. The van der Waals surface area contributed by atoms with Gasteiger partial charge in [0.15, 0.2) is 5.82 Å². The molecule has 2 aromatic heterocycles. The van der Waals surface area contributed by atoms with Crippen LogP contribution in [-0.2, 0) is 4.79 Å². The molecule has 0 aliphatic heterocycles. The van der Waals surface area contributed by atoms with Gasteiger partial charge in [-0.2, -0.15) is 0 Å². The third-order valence-electron chi connectivity index (χ3n) is 6.08. The van der Waals surface area contributed by atoms with Crippen LogP contribution < -0.4 is 10.1 Å². The lowest BCUT2D eigenvalue weighted by Crippen LogP contribution is -2.15. The maximum atomic E-state index is 13.0. The molecule has 8 nitrogen and oxygen atoms in total. The van der Waals surface area contributed by atoms with E-state index in [0.29, 0.717) is 11.6 Å². The van der Waals surface area contributed by atoms with E-state index in [9.17, 15) is 4.79 Å². The molecular weight excluding hydrogens is 416 g/mol. The largest absolute Gasteiger partial charge is 0.495 e. The van der Waals surface area contributed by atoms with Crippen LogP contribution in [0.25, 0.3) is 22.5 Å². The number of methoxy groups -OCH3 is 1. The lowest BCUT2D eigenvalue weighted by atomic mass is 9.96. The Morgan fingerprint density at radius 1 is 1.12 bits per heavy atom. The van der Waals surface area contributed by atoms with Gasteiger partial charge < -0.3 is 10.1 Å². The highest BCUT2D eigenvalue weighted by Gasteiger charge is 2.44. The zero-order chi connectivity index (χ0) is 22.9. The quantitative estimate of drug-likeness (QED) is 0.463. The van der Waals surface area contributed by atoms with Crippen molar-refractivity contribution in [1.82, 2.24) is 25.6 Å². The van der Waals surface area contributed by atoms with Crippen molar-refractivity contribution in [2.45, 2.75) is 26.2 Å². The summed E-state index contributed by atoms with van der Waals surface area (Å²) in [6.07, 6.45) is 4.28. The van der Waals surface area contributed by atoms with Gasteiger partial charge in [0.1, 0.15) is 5.75 Å². The van der Waals surface area contributed by atoms with Crippen LogP contribution in [0.2, 0.25) is 0 Å². The molecule has 2 atom stereocenters. The average molecular weight is 441 g/mol. The van der Waals surface area contributed by atoms with E-state index in [-0.39, 0.29) is 17.7 Å². The van der Waals surface area contributed by atoms with Crippen LogP contribution in [0.5, 0.6) is 5.75 Å². The summed E-state index contributed by atoms with van der Waals surface area (Å²) in [6.45, 7) is 4.05. The van der Waals surface area contributed by atoms with E-state index in [2.05, 4.69) is 56.0 Å². The number of aromatic nitrogens is 5. The molecule has 166 valence electrons. The number of amides is 1. The van der Waals surface area contributed by atoms with Gasteiger partial charge in [-0.25, -0.2) is 5.10 Å². The Labute approximate surface area is 191 Å². The summed E-state index contributed by atoms with van der Waals surface area (Å²) < 4.78 is 5.33. The molecule has 0 radical (unpaired) electrons. The minimum Gasteiger partial charge on any atom is -0.495 e. The van der Waals surface area contributed by atoms with Gasteiger partial charge in [0.05, 0.1) is 13.3 Å². The maximum absolute atomic E-state index is 13.0. The fourth-order valence-corrected chi connectivity index (χ4v) is 4.21. The van der Waals surface area contributed by atoms with Gasteiger partial charge in [-0.15, -0.1) is 5.10 Å². The van der Waals surface area contributed by atoms with Crippen molar-refractivity contribution in [2.75, 3.05) is 12.4 Å². The predicted molar refractivity (Wildman–Crippen MR) is 125 cm³/mol. The first kappa shape index (κ1) is 20.8. The van der Waals surface area contributed by atoms with Gasteiger partial charge >= 0.3 is 0 Å². The monoisotopic (exact) mass is 440 g/mol. The topological polar surface area (TPSA) is 106 Å². The standard InChI is InChI=1S/C25H24N6O2/c1-14-5-4-6-16(7-14)20-10-22(20)25(32)27-23-11-21(24-28-30-31-29-24)19(8-15(23)2)17-9-18(33-3)13-26-12-17/h4-9,11-13,20,22H,10H2,1-3H3,(H,27,32)(H,28,29,30,31)/t20-,22+/m0/s1. The van der Waals surface area contributed by atoms with Crippen LogP contribution in [0, 0.1) is 19.8 Å². The van der Waals surface area contributed by atoms with Crippen LogP contribution in [0.15, 0.2) is 54.9 Å². The van der Waals surface area contributed by atoms with Gasteiger partial charge in [-0.05, 0) is 71.5 Å². The zero-order valence-electron chi connectivity index (χ0n) is 18.7. The fraction of sp³-hybridized carbons (Fsp3) is 0.240. The normalized spacial score (nSPS) is 16.9. The van der Waals surface area contributed by atoms with E-state index >= 15 is 0 Å². The van der Waals surface area contributed by atoms with Crippen LogP contribution in [0.4, 0.5) is 5.69 Å². The summed E-state index contributed by atoms with van der Waals surface area (Å²) >= 11 is 0. The molecule has 1 amide bonds. The minimum atomic E-state index is -0.0242. The number of aryl methyl sites for hydroxylation is 2. The summed E-state index contributed by atoms with van der Waals surface area (Å²) in [6, 6.07) is 14.2. The number of carbonyl (C=O) groups is 1. The van der Waals surface area contributed by atoms with Gasteiger partial charge in [-0.1, -0.05) is 29.8 Å². The number of hydrogen-bond acceptors (Lipinski definition) is 6. The second kappa shape index (κ2) is 8.46. The minimum absolute atomic E-state index is 0.0242. The third kappa shape index (κ3) is 4.19. The van der Waals surface area contributed by atoms with E-state index < -0.39 is 0 Å². The van der Waals surface area contributed by atoms with Crippen molar-refractivity contribution in [3.8, 4) is 28.3 Å². The van der Waals surface area contributed by atoms with Gasteiger partial charge in [-0.3, -0.25) is 9.78 Å². The molecule has 4 aromatic rings. The molecule has 2 N–H and O–H groups in total. The molecule has 0 saturated heterocycles. The number of nitrogens with zero attached hydrogens (tertiary/aromatic N) is 4. The number of hydrogen-bond donors (Lipinski definition) is 2. The molecule has 1 fully saturated rings. The molecule has 1 saturated carbocycles. The van der Waals surface area contributed by atoms with Crippen molar-refractivity contribution in [1.29, 1.82) is 0 Å². The number of ether oxygens (including phenoxy) is 1. The van der Waals surface area contributed by atoms with Crippen LogP contribution in [0.3, 0.4) is 0 Å². The number of nitrogens with one attached hydrogen (secondary N) is 2. The van der Waals surface area contributed by atoms with Gasteiger partial charge in [0.2, 0.25) is 5.91 Å². The molecule has 0 bridgehead atoms. The summed E-state index contributed by atoms with van der Waals surface area (Å²) in [5, 5.41) is 17.5. The van der Waals surface area contributed by atoms with E-state index in [1.165, 1.54) is 11.1 Å². The molecule has 5 rings (SSSR count). The number of rotatable bonds is 6. The first-order valence-electron chi connectivity index (χ1n) is 10.8. The number of tetrazole rings is 1. The Balaban J connectivity index is 1.45. The van der Waals surface area contributed by atoms with E-state index in [0.717, 1.165) is 34.4 Å². The molecule has 33 heavy (non-hydrogen) atoms. The SMILES string of the molecule is COc1cncc(-c2cc(C)c(NC(=O)[C@@H]3C[C@H]3c3cccc(C)c3)cc2-c2nnn[nH]2)c1. The van der Waals surface area contributed by atoms with Crippen LogP contribution >= 0.6 is 0 Å². The number of anilines is 1. The molecule has 8 heteroatoms. The molecule has 2 aromatic carbocycles. The van der Waals surface area contributed by atoms with E-state index in [1.807, 2.05) is 31.2 Å². The second-order valence-corrected chi connectivity index (χ2v) is 8.43. The Bertz CT molecular complexity index is 1320. The van der Waals surface area contributed by atoms with E-state index in [1.54, 1.807) is 19.5 Å². The fourth-order valence-electron chi connectivity index (χ4n) is 4.21. The Morgan fingerprint density at radius 3 is 2.76 bits per heavy atom. The highest BCUT2D eigenvalue weighted by molar-refractivity contribution is 5.97. The summed E-state index contributed by atoms with van der Waals surface area (Å²) in [7, 11) is 1.61. The smallest absolute Gasteiger partial charge is 0.228 e. The van der Waals surface area contributed by atoms with Gasteiger partial charge in [0.25, 0.3) is 0 Å². The van der Waals surface area contributed by atoms with Gasteiger partial charge in [0, 0.05) is 28.9 Å². The summed E-state index contributed by atoms with van der Waals surface area (Å²) in [5.74, 6) is 1.43. The van der Waals surface area contributed by atoms with Crippen molar-refractivity contribution in [3.05, 3.63) is 71.5 Å². The van der Waals surface area contributed by atoms with Crippen LogP contribution in [-0.4, -0.2) is 38.6 Å². The summed E-state index contributed by atoms with van der Waals surface area (Å²) in [5.41, 5.74) is 6.62. The van der Waals surface area contributed by atoms with Crippen molar-refractivity contribution >= 4 is 11.6 Å². The highest BCUT2D eigenvalue weighted by Crippen LogP contribution is 2.48. The first-order chi connectivity index (χ1) is 16.0. The third-order valence-corrected chi connectivity index (χ3v) is 6.08. The van der Waals surface area contributed by atoms with Crippen molar-refractivity contribution in [2.24, 2.45) is 5.92 Å². The van der Waals surface area contributed by atoms with Crippen molar-refractivity contribution < 1.29 is 9.53 Å². The van der Waals surface area contributed by atoms with E-state index in [4.69, 9.17) is 4.74 Å². The lowest BCUT2D eigenvalue weighted by molar-refractivity contribution is -0.117.